The molecule has 0 saturated carbocycles. The van der Waals surface area contributed by atoms with Gasteiger partial charge in [0.1, 0.15) is 5.52 Å². The number of Topliss-reactive ketones (excluding diaryl/α,β-unsaturated/α-hetero) is 1. The largest absolute Gasteiger partial charge is 0.382 e. The molecule has 0 aliphatic carbocycles. The van der Waals surface area contributed by atoms with Crippen molar-refractivity contribution in [2.24, 2.45) is 5.92 Å². The molecule has 3 rings (SSSR count). The number of nitrogens with one attached hydrogen (secondary N) is 2. The summed E-state index contributed by atoms with van der Waals surface area (Å²) in [5.41, 5.74) is 5.64. The van der Waals surface area contributed by atoms with Crippen molar-refractivity contribution < 1.29 is 9.59 Å². The number of hydrogen-bond donors (Lipinski definition) is 3. The molecule has 9 nitrogen and oxygen atoms in total. The molecule has 28 heavy (non-hydrogen) atoms. The van der Waals surface area contributed by atoms with Crippen LogP contribution in [0.25, 0.3) is 11.2 Å². The Morgan fingerprint density at radius 3 is 2.86 bits per heavy atom. The predicted octanol–water partition coefficient (Wildman–Crippen LogP) is 0.796. The lowest BCUT2D eigenvalue weighted by Gasteiger charge is -2.36. The number of nitrogens with zero attached hydrogens (tertiary/aromatic N) is 4. The van der Waals surface area contributed by atoms with Crippen molar-refractivity contribution in [1.82, 2.24) is 30.2 Å². The Labute approximate surface area is 163 Å². The van der Waals surface area contributed by atoms with Crippen LogP contribution in [0.2, 0.25) is 0 Å². The molecule has 0 aromatic carbocycles. The van der Waals surface area contributed by atoms with E-state index in [1.807, 2.05) is 19.0 Å². The van der Waals surface area contributed by atoms with Gasteiger partial charge in [-0.05, 0) is 58.3 Å². The molecule has 1 fully saturated rings. The number of hydrogen-bond acceptors (Lipinski definition) is 7. The standard InChI is InChI=1S/C19H27N7O2/c1-11(2)14(27)19(17-24-15(20)13-16(25-17)23-10-22-13)12(7-9-26(3)4)6-5-8-21-18(19)28/h10,12H,1,5-9H2,2-4H3,(H,21,28)(H3,20,22,23,24,25). The highest BCUT2D eigenvalue weighted by Gasteiger charge is 2.56. The van der Waals surface area contributed by atoms with Gasteiger partial charge in [-0.3, -0.25) is 9.59 Å². The zero-order valence-corrected chi connectivity index (χ0v) is 16.6. The number of ketones is 1. The van der Waals surface area contributed by atoms with Gasteiger partial charge >= 0.3 is 0 Å². The molecule has 1 aliphatic rings. The monoisotopic (exact) mass is 385 g/mol. The number of allylic oxidation sites excluding steroid dienone is 1. The third-order valence-corrected chi connectivity index (χ3v) is 5.32. The lowest BCUT2D eigenvalue weighted by atomic mass is 9.66. The van der Waals surface area contributed by atoms with Crippen molar-refractivity contribution in [1.29, 1.82) is 0 Å². The minimum Gasteiger partial charge on any atom is -0.382 e. The molecule has 3 heterocycles. The van der Waals surface area contributed by atoms with Gasteiger partial charge < -0.3 is 20.9 Å². The van der Waals surface area contributed by atoms with Crippen molar-refractivity contribution in [2.75, 3.05) is 32.9 Å². The van der Waals surface area contributed by atoms with Crippen LogP contribution in [0.3, 0.4) is 0 Å². The number of rotatable bonds is 6. The van der Waals surface area contributed by atoms with Crippen molar-refractivity contribution >= 4 is 28.7 Å². The quantitative estimate of drug-likeness (QED) is 0.495. The summed E-state index contributed by atoms with van der Waals surface area (Å²) in [4.78, 5) is 44.9. The SMILES string of the molecule is C=C(C)C(=O)C1(c2nc(N)c3[nH]cnc3n2)C(=O)NCCCC1CCN(C)C. The summed E-state index contributed by atoms with van der Waals surface area (Å²) in [5.74, 6) is -0.783. The van der Waals surface area contributed by atoms with Crippen LogP contribution in [0.15, 0.2) is 18.5 Å². The Hall–Kier alpha value is -2.81. The van der Waals surface area contributed by atoms with E-state index in [1.54, 1.807) is 6.92 Å². The fourth-order valence-electron chi connectivity index (χ4n) is 3.91. The summed E-state index contributed by atoms with van der Waals surface area (Å²) in [5, 5.41) is 2.89. The molecular formula is C19H27N7O2. The summed E-state index contributed by atoms with van der Waals surface area (Å²) in [6, 6.07) is 0. The van der Waals surface area contributed by atoms with Gasteiger partial charge in [0.2, 0.25) is 5.91 Å². The molecule has 9 heteroatoms. The second kappa shape index (κ2) is 7.67. The van der Waals surface area contributed by atoms with Crippen molar-refractivity contribution in [3.05, 3.63) is 24.3 Å². The average Bonchev–Trinajstić information content (AvgIpc) is 3.05. The van der Waals surface area contributed by atoms with Crippen LogP contribution in [-0.2, 0) is 15.0 Å². The molecule has 1 saturated heterocycles. The summed E-state index contributed by atoms with van der Waals surface area (Å²) in [6.45, 7) is 6.66. The summed E-state index contributed by atoms with van der Waals surface area (Å²) in [7, 11) is 3.92. The van der Waals surface area contributed by atoms with E-state index in [2.05, 4.69) is 31.8 Å². The number of nitrogen functional groups attached to an aromatic ring is 1. The van der Waals surface area contributed by atoms with E-state index in [0.29, 0.717) is 30.6 Å². The molecule has 0 bridgehead atoms. The number of H-pyrrole nitrogens is 1. The van der Waals surface area contributed by atoms with Crippen LogP contribution in [0.4, 0.5) is 5.82 Å². The highest BCUT2D eigenvalue weighted by Crippen LogP contribution is 2.41. The number of fused-ring (bicyclic) bond motifs is 1. The Morgan fingerprint density at radius 1 is 1.43 bits per heavy atom. The summed E-state index contributed by atoms with van der Waals surface area (Å²) in [6.07, 6.45) is 3.56. The summed E-state index contributed by atoms with van der Waals surface area (Å²) >= 11 is 0. The highest BCUT2D eigenvalue weighted by atomic mass is 16.2. The van der Waals surface area contributed by atoms with Crippen LogP contribution in [-0.4, -0.2) is 63.7 Å². The first-order valence-corrected chi connectivity index (χ1v) is 9.38. The van der Waals surface area contributed by atoms with Gasteiger partial charge in [-0.15, -0.1) is 0 Å². The zero-order chi connectivity index (χ0) is 20.5. The number of aromatic amines is 1. The lowest BCUT2D eigenvalue weighted by molar-refractivity contribution is -0.137. The van der Waals surface area contributed by atoms with Gasteiger partial charge in [-0.1, -0.05) is 6.58 Å². The number of imidazole rings is 1. The van der Waals surface area contributed by atoms with E-state index >= 15 is 0 Å². The lowest BCUT2D eigenvalue weighted by Crippen LogP contribution is -2.55. The number of aromatic nitrogens is 4. The van der Waals surface area contributed by atoms with Gasteiger partial charge in [0.15, 0.2) is 28.5 Å². The molecule has 150 valence electrons. The third kappa shape index (κ3) is 3.26. The van der Waals surface area contributed by atoms with Crippen LogP contribution in [0, 0.1) is 5.92 Å². The average molecular weight is 385 g/mol. The number of carbonyl (C=O) groups excluding carboxylic acids is 2. The maximum Gasteiger partial charge on any atom is 0.242 e. The van der Waals surface area contributed by atoms with Gasteiger partial charge in [0.25, 0.3) is 0 Å². The van der Waals surface area contributed by atoms with E-state index in [0.717, 1.165) is 13.0 Å². The van der Waals surface area contributed by atoms with Crippen LogP contribution in [0.5, 0.6) is 0 Å². The molecule has 1 aliphatic heterocycles. The van der Waals surface area contributed by atoms with Crippen molar-refractivity contribution in [3.8, 4) is 0 Å². The second-order valence-electron chi connectivity index (χ2n) is 7.64. The van der Waals surface area contributed by atoms with Crippen molar-refractivity contribution in [3.63, 3.8) is 0 Å². The molecule has 0 radical (unpaired) electrons. The first kappa shape index (κ1) is 19.9. The minimum absolute atomic E-state index is 0.0979. The van der Waals surface area contributed by atoms with Gasteiger partial charge in [-0.25, -0.2) is 15.0 Å². The van der Waals surface area contributed by atoms with Crippen molar-refractivity contribution in [2.45, 2.75) is 31.6 Å². The van der Waals surface area contributed by atoms with E-state index < -0.39 is 11.3 Å². The molecule has 4 N–H and O–H groups in total. The number of carbonyl (C=O) groups is 2. The van der Waals surface area contributed by atoms with Gasteiger partial charge in [-0.2, -0.15) is 0 Å². The maximum absolute atomic E-state index is 13.5. The van der Waals surface area contributed by atoms with Crippen LogP contribution in [0.1, 0.15) is 32.0 Å². The molecule has 2 aromatic heterocycles. The molecule has 2 aromatic rings. The Bertz CT molecular complexity index is 920. The molecule has 2 unspecified atom stereocenters. The normalized spacial score (nSPS) is 22.9. The Morgan fingerprint density at radius 2 is 2.18 bits per heavy atom. The topological polar surface area (TPSA) is 130 Å². The fraction of sp³-hybridized carbons (Fsp3) is 0.526. The van der Waals surface area contributed by atoms with E-state index in [-0.39, 0.29) is 28.9 Å². The number of nitrogens with two attached hydrogens (primary N) is 1. The highest BCUT2D eigenvalue weighted by molar-refractivity contribution is 6.18. The van der Waals surface area contributed by atoms with Crippen LogP contribution >= 0.6 is 0 Å². The van der Waals surface area contributed by atoms with Gasteiger partial charge in [0, 0.05) is 6.54 Å². The smallest absolute Gasteiger partial charge is 0.242 e. The first-order valence-electron chi connectivity index (χ1n) is 9.38. The molecule has 1 amide bonds. The number of amides is 1. The Kier molecular flexibility index (Phi) is 5.46. The minimum atomic E-state index is -1.57. The predicted molar refractivity (Wildman–Crippen MR) is 106 cm³/mol. The summed E-state index contributed by atoms with van der Waals surface area (Å²) < 4.78 is 0. The zero-order valence-electron chi connectivity index (χ0n) is 16.6. The van der Waals surface area contributed by atoms with E-state index in [9.17, 15) is 9.59 Å². The molecular weight excluding hydrogens is 358 g/mol. The second-order valence-corrected chi connectivity index (χ2v) is 7.64. The molecule has 2 atom stereocenters. The fourth-order valence-corrected chi connectivity index (χ4v) is 3.91. The first-order chi connectivity index (χ1) is 13.3. The molecule has 0 spiro atoms. The maximum atomic E-state index is 13.5. The van der Waals surface area contributed by atoms with E-state index in [1.165, 1.54) is 6.33 Å². The van der Waals surface area contributed by atoms with E-state index in [4.69, 9.17) is 5.73 Å². The van der Waals surface area contributed by atoms with Gasteiger partial charge in [0.05, 0.1) is 6.33 Å². The Balaban J connectivity index is 2.26. The third-order valence-electron chi connectivity index (χ3n) is 5.32. The number of anilines is 1. The van der Waals surface area contributed by atoms with Crippen LogP contribution < -0.4 is 11.1 Å².